The van der Waals surface area contributed by atoms with Crippen LogP contribution in [0.3, 0.4) is 0 Å². The van der Waals surface area contributed by atoms with E-state index in [-0.39, 0.29) is 11.2 Å². The molecule has 2 rings (SSSR count). The van der Waals surface area contributed by atoms with E-state index in [4.69, 9.17) is 0 Å². The van der Waals surface area contributed by atoms with Crippen LogP contribution in [0.1, 0.15) is 31.7 Å². The molecule has 1 aliphatic carbocycles. The van der Waals surface area contributed by atoms with Crippen LogP contribution in [0.15, 0.2) is 54.6 Å². The number of rotatable bonds is 4. The zero-order valence-corrected chi connectivity index (χ0v) is 10.3. The molecule has 0 amide bonds. The standard InChI is InChI=1S/C16H18O/c1-3-4-10-16(12-13(2)11-15(16)17)14-8-6-5-7-9-14/h3,5-9,11H,1,4,10,12H2,2H3. The summed E-state index contributed by atoms with van der Waals surface area (Å²) >= 11 is 0. The molecule has 1 heteroatoms. The minimum Gasteiger partial charge on any atom is -0.294 e. The van der Waals surface area contributed by atoms with Gasteiger partial charge in [0, 0.05) is 0 Å². The molecule has 1 unspecified atom stereocenters. The van der Waals surface area contributed by atoms with Crippen molar-refractivity contribution in [2.24, 2.45) is 0 Å². The molecule has 0 heterocycles. The first-order valence-electron chi connectivity index (χ1n) is 6.07. The third kappa shape index (κ3) is 2.10. The van der Waals surface area contributed by atoms with Crippen LogP contribution in [0.5, 0.6) is 0 Å². The maximum Gasteiger partial charge on any atom is 0.166 e. The lowest BCUT2D eigenvalue weighted by Gasteiger charge is -2.28. The Balaban J connectivity index is 2.39. The Kier molecular flexibility index (Phi) is 3.28. The molecule has 1 aliphatic rings. The molecule has 0 N–H and O–H groups in total. The summed E-state index contributed by atoms with van der Waals surface area (Å²) in [5, 5.41) is 0. The molecule has 1 aromatic carbocycles. The normalized spacial score (nSPS) is 23.6. The zero-order valence-electron chi connectivity index (χ0n) is 10.3. The van der Waals surface area contributed by atoms with Gasteiger partial charge in [0.1, 0.15) is 0 Å². The van der Waals surface area contributed by atoms with Crippen molar-refractivity contribution < 1.29 is 4.79 Å². The van der Waals surface area contributed by atoms with Crippen LogP contribution in [-0.4, -0.2) is 5.78 Å². The van der Waals surface area contributed by atoms with Gasteiger partial charge in [-0.25, -0.2) is 0 Å². The van der Waals surface area contributed by atoms with Crippen molar-refractivity contribution in [3.8, 4) is 0 Å². The largest absolute Gasteiger partial charge is 0.294 e. The Bertz CT molecular complexity index is 456. The van der Waals surface area contributed by atoms with E-state index in [0.717, 1.165) is 24.8 Å². The van der Waals surface area contributed by atoms with Gasteiger partial charge in [0.05, 0.1) is 5.41 Å². The first kappa shape index (κ1) is 11.8. The third-order valence-corrected chi connectivity index (χ3v) is 3.53. The van der Waals surface area contributed by atoms with Crippen LogP contribution in [0.2, 0.25) is 0 Å². The number of carbonyl (C=O) groups excluding carboxylic acids is 1. The minimum atomic E-state index is -0.334. The summed E-state index contributed by atoms with van der Waals surface area (Å²) in [6, 6.07) is 10.1. The average molecular weight is 226 g/mol. The highest BCUT2D eigenvalue weighted by Gasteiger charge is 2.41. The van der Waals surface area contributed by atoms with E-state index in [2.05, 4.69) is 18.7 Å². The van der Waals surface area contributed by atoms with Crippen LogP contribution < -0.4 is 0 Å². The van der Waals surface area contributed by atoms with Crippen LogP contribution in [-0.2, 0) is 10.2 Å². The quantitative estimate of drug-likeness (QED) is 0.713. The predicted octanol–water partition coefficient (Wildman–Crippen LogP) is 3.81. The molecular weight excluding hydrogens is 208 g/mol. The molecule has 17 heavy (non-hydrogen) atoms. The molecule has 1 aromatic rings. The average Bonchev–Trinajstić information content (AvgIpc) is 2.64. The van der Waals surface area contributed by atoms with Gasteiger partial charge in [0.15, 0.2) is 5.78 Å². The zero-order chi connectivity index (χ0) is 12.3. The number of allylic oxidation sites excluding steroid dienone is 3. The van der Waals surface area contributed by atoms with E-state index >= 15 is 0 Å². The van der Waals surface area contributed by atoms with Crippen molar-refractivity contribution in [3.05, 3.63) is 60.2 Å². The molecular formula is C16H18O. The van der Waals surface area contributed by atoms with Gasteiger partial charge < -0.3 is 0 Å². The first-order valence-corrected chi connectivity index (χ1v) is 6.07. The SMILES string of the molecule is C=CCCC1(c2ccccc2)CC(C)=CC1=O. The van der Waals surface area contributed by atoms with Gasteiger partial charge in [-0.3, -0.25) is 4.79 Å². The maximum atomic E-state index is 12.3. The van der Waals surface area contributed by atoms with Crippen LogP contribution in [0, 0.1) is 0 Å². The summed E-state index contributed by atoms with van der Waals surface area (Å²) in [4.78, 5) is 12.3. The second kappa shape index (κ2) is 4.70. The minimum absolute atomic E-state index is 0.253. The van der Waals surface area contributed by atoms with E-state index < -0.39 is 0 Å². The highest BCUT2D eigenvalue weighted by molar-refractivity contribution is 6.02. The van der Waals surface area contributed by atoms with E-state index in [1.54, 1.807) is 6.08 Å². The molecule has 0 aromatic heterocycles. The van der Waals surface area contributed by atoms with Gasteiger partial charge in [0.2, 0.25) is 0 Å². The Hall–Kier alpha value is -1.63. The Morgan fingerprint density at radius 1 is 1.35 bits per heavy atom. The van der Waals surface area contributed by atoms with Gasteiger partial charge >= 0.3 is 0 Å². The third-order valence-electron chi connectivity index (χ3n) is 3.53. The molecule has 1 atom stereocenters. The number of carbonyl (C=O) groups is 1. The van der Waals surface area contributed by atoms with E-state index in [1.165, 1.54) is 5.57 Å². The van der Waals surface area contributed by atoms with E-state index in [1.807, 2.05) is 31.2 Å². The van der Waals surface area contributed by atoms with Crippen molar-refractivity contribution in [3.63, 3.8) is 0 Å². The highest BCUT2D eigenvalue weighted by Crippen LogP contribution is 2.41. The van der Waals surface area contributed by atoms with Gasteiger partial charge in [-0.15, -0.1) is 6.58 Å². The highest BCUT2D eigenvalue weighted by atomic mass is 16.1. The van der Waals surface area contributed by atoms with Crippen molar-refractivity contribution in [2.45, 2.75) is 31.6 Å². The lowest BCUT2D eigenvalue weighted by Crippen LogP contribution is -2.31. The summed E-state index contributed by atoms with van der Waals surface area (Å²) in [6.07, 6.45) is 6.28. The summed E-state index contributed by atoms with van der Waals surface area (Å²) in [5.74, 6) is 0.253. The maximum absolute atomic E-state index is 12.3. The molecule has 0 spiro atoms. The molecule has 1 nitrogen and oxygen atoms in total. The van der Waals surface area contributed by atoms with Crippen molar-refractivity contribution in [1.82, 2.24) is 0 Å². The molecule has 88 valence electrons. The van der Waals surface area contributed by atoms with Crippen molar-refractivity contribution in [1.29, 1.82) is 0 Å². The van der Waals surface area contributed by atoms with Crippen LogP contribution in [0.25, 0.3) is 0 Å². The molecule has 0 saturated heterocycles. The lowest BCUT2D eigenvalue weighted by atomic mass is 9.73. The van der Waals surface area contributed by atoms with Crippen molar-refractivity contribution in [2.75, 3.05) is 0 Å². The van der Waals surface area contributed by atoms with Gasteiger partial charge in [-0.05, 0) is 37.8 Å². The lowest BCUT2D eigenvalue weighted by molar-refractivity contribution is -0.119. The van der Waals surface area contributed by atoms with Gasteiger partial charge in [0.25, 0.3) is 0 Å². The van der Waals surface area contributed by atoms with Gasteiger partial charge in [-0.2, -0.15) is 0 Å². The van der Waals surface area contributed by atoms with Crippen LogP contribution >= 0.6 is 0 Å². The fraction of sp³-hybridized carbons (Fsp3) is 0.312. The number of benzene rings is 1. The summed E-state index contributed by atoms with van der Waals surface area (Å²) < 4.78 is 0. The number of hydrogen-bond donors (Lipinski definition) is 0. The monoisotopic (exact) mass is 226 g/mol. The summed E-state index contributed by atoms with van der Waals surface area (Å²) in [6.45, 7) is 5.80. The first-order chi connectivity index (χ1) is 8.19. The summed E-state index contributed by atoms with van der Waals surface area (Å²) in [7, 11) is 0. The Labute approximate surface area is 103 Å². The second-order valence-corrected chi connectivity index (χ2v) is 4.81. The Morgan fingerprint density at radius 3 is 2.59 bits per heavy atom. The second-order valence-electron chi connectivity index (χ2n) is 4.81. The molecule has 0 aliphatic heterocycles. The Morgan fingerprint density at radius 2 is 2.06 bits per heavy atom. The molecule has 0 fully saturated rings. The van der Waals surface area contributed by atoms with E-state index in [9.17, 15) is 4.79 Å². The fourth-order valence-electron chi connectivity index (χ4n) is 2.68. The predicted molar refractivity (Wildman–Crippen MR) is 70.9 cm³/mol. The van der Waals surface area contributed by atoms with Crippen LogP contribution in [0.4, 0.5) is 0 Å². The topological polar surface area (TPSA) is 17.1 Å². The molecule has 0 saturated carbocycles. The number of ketones is 1. The summed E-state index contributed by atoms with van der Waals surface area (Å²) in [5.41, 5.74) is 1.99. The molecule has 0 bridgehead atoms. The van der Waals surface area contributed by atoms with Gasteiger partial charge in [-0.1, -0.05) is 42.0 Å². The smallest absolute Gasteiger partial charge is 0.166 e. The number of hydrogen-bond acceptors (Lipinski definition) is 1. The van der Waals surface area contributed by atoms with Crippen molar-refractivity contribution >= 4 is 5.78 Å². The molecule has 0 radical (unpaired) electrons. The van der Waals surface area contributed by atoms with E-state index in [0.29, 0.717) is 0 Å². The fourth-order valence-corrected chi connectivity index (χ4v) is 2.68.